The molecule has 3 aromatic heterocycles. The quantitative estimate of drug-likeness (QED) is 0.253. The van der Waals surface area contributed by atoms with Gasteiger partial charge in [0.25, 0.3) is 5.91 Å². The van der Waals surface area contributed by atoms with E-state index in [1.807, 2.05) is 13.8 Å². The molecule has 2 aliphatic heterocycles. The van der Waals surface area contributed by atoms with Crippen LogP contribution in [0.15, 0.2) is 65.1 Å². The van der Waals surface area contributed by atoms with E-state index >= 15 is 0 Å². The summed E-state index contributed by atoms with van der Waals surface area (Å²) in [4.78, 5) is 67.3. The van der Waals surface area contributed by atoms with E-state index in [4.69, 9.17) is 14.9 Å². The number of cyclic esters (lactones) is 1. The highest BCUT2D eigenvalue weighted by Crippen LogP contribution is 2.27. The molecule has 5 heterocycles. The van der Waals surface area contributed by atoms with Gasteiger partial charge < -0.3 is 35.5 Å². The van der Waals surface area contributed by atoms with Crippen molar-refractivity contribution in [2.75, 3.05) is 25.4 Å². The van der Waals surface area contributed by atoms with Crippen molar-refractivity contribution >= 4 is 29.5 Å². The monoisotopic (exact) mass is 762 g/mol. The predicted molar refractivity (Wildman–Crippen MR) is 196 cm³/mol. The maximum atomic E-state index is 14.8. The lowest BCUT2D eigenvalue weighted by atomic mass is 9.89. The van der Waals surface area contributed by atoms with Gasteiger partial charge in [0.2, 0.25) is 11.8 Å². The van der Waals surface area contributed by atoms with Crippen LogP contribution < -0.4 is 16.4 Å². The Hall–Kier alpha value is -5.78. The molecule has 1 saturated heterocycles. The smallest absolute Gasteiger partial charge is 0.329 e. The van der Waals surface area contributed by atoms with E-state index in [1.54, 1.807) is 37.4 Å². The van der Waals surface area contributed by atoms with Gasteiger partial charge in [0.05, 0.1) is 25.3 Å². The average Bonchev–Trinajstić information content (AvgIpc) is 3.92. The third-order valence-electron chi connectivity index (χ3n) is 9.04. The summed E-state index contributed by atoms with van der Waals surface area (Å²) in [5.41, 5.74) is 6.73. The fourth-order valence-electron chi connectivity index (χ4n) is 6.37. The van der Waals surface area contributed by atoms with E-state index in [0.717, 1.165) is 6.26 Å². The molecule has 294 valence electrons. The number of esters is 1. The van der Waals surface area contributed by atoms with Crippen molar-refractivity contribution < 1.29 is 37.8 Å². The second-order valence-corrected chi connectivity index (χ2v) is 13.8. The summed E-state index contributed by atoms with van der Waals surface area (Å²) >= 11 is 0. The number of nitrogen functional groups attached to an aromatic ring is 1. The first-order chi connectivity index (χ1) is 26.4. The minimum Gasteiger partial charge on any atom is -0.460 e. The lowest BCUT2D eigenvalue weighted by Crippen LogP contribution is -2.44. The Morgan fingerprint density at radius 3 is 2.80 bits per heavy atom. The number of nitrogens with zero attached hydrogens (tertiary/aromatic N) is 7. The van der Waals surface area contributed by atoms with Gasteiger partial charge in [-0.05, 0) is 37.8 Å². The number of nitrogens with one attached hydrogen (secondary N) is 2. The molecule has 17 nitrogen and oxygen atoms in total. The molecule has 0 saturated carbocycles. The molecule has 5 rings (SSSR count). The Morgan fingerprint density at radius 1 is 1.20 bits per heavy atom. The van der Waals surface area contributed by atoms with Gasteiger partial charge in [-0.3, -0.25) is 19.1 Å². The number of amides is 3. The number of allylic oxidation sites excluding steroid dienone is 2. The SMILES string of the molecule is CC1=C\C(O)CC(F)Cc2nc(co2)C(=O)N2CCCC2C(=O)OC(C(C)C)C(CC(=O)NCCn2cc(-c3nccc(N)n3)nn2)/C=C/C(=O)NC\C=C\1. The van der Waals surface area contributed by atoms with Gasteiger partial charge in [0, 0.05) is 44.6 Å². The summed E-state index contributed by atoms with van der Waals surface area (Å²) < 4.78 is 27.8. The molecule has 0 spiro atoms. The zero-order chi connectivity index (χ0) is 39.5. The standard InChI is InChI=1S/C37H47FN10O7/c1-22(2)34-24(17-32(51)41-13-15-47-20-27(45-46-47)35-42-12-10-30(39)44-35)8-9-31(50)40-11-4-6-23(3)16-26(49)18-25(38)19-33-43-28(21-54-33)36(52)48-14-5-7-29(48)37(53)55-34/h4,6,8-10,12,16,20-22,24-26,29,34,49H,5,7,11,13-15,17-19H2,1-3H3,(H,40,50)(H,41,51)(H2,39,42,44)/b6-4+,9-8+,23-16+. The highest BCUT2D eigenvalue weighted by atomic mass is 19.1. The number of rotatable bonds is 7. The summed E-state index contributed by atoms with van der Waals surface area (Å²) in [6.45, 7) is 6.28. The van der Waals surface area contributed by atoms with E-state index < -0.39 is 48.1 Å². The Morgan fingerprint density at radius 2 is 2.02 bits per heavy atom. The van der Waals surface area contributed by atoms with Crippen LogP contribution in [0.1, 0.15) is 62.8 Å². The van der Waals surface area contributed by atoms with Crippen LogP contribution in [-0.4, -0.2) is 108 Å². The number of nitrogens with two attached hydrogens (primary N) is 1. The molecule has 0 radical (unpaired) electrons. The second-order valence-electron chi connectivity index (χ2n) is 13.8. The molecule has 5 unspecified atom stereocenters. The van der Waals surface area contributed by atoms with Gasteiger partial charge in [-0.1, -0.05) is 48.9 Å². The van der Waals surface area contributed by atoms with Crippen molar-refractivity contribution in [2.24, 2.45) is 11.8 Å². The van der Waals surface area contributed by atoms with Crippen molar-refractivity contribution in [2.45, 2.75) is 83.8 Å². The van der Waals surface area contributed by atoms with Crippen molar-refractivity contribution in [3.8, 4) is 11.5 Å². The number of carbonyl (C=O) groups is 4. The number of carbonyl (C=O) groups excluding carboxylic acids is 4. The molecule has 2 bridgehead atoms. The molecule has 5 atom stereocenters. The maximum Gasteiger partial charge on any atom is 0.329 e. The first-order valence-corrected chi connectivity index (χ1v) is 18.2. The predicted octanol–water partition coefficient (Wildman–Crippen LogP) is 2.12. The van der Waals surface area contributed by atoms with Crippen molar-refractivity contribution in [1.82, 2.24) is 45.5 Å². The fourth-order valence-corrected chi connectivity index (χ4v) is 6.37. The largest absolute Gasteiger partial charge is 0.460 e. The molecule has 18 heteroatoms. The normalized spacial score (nSPS) is 25.3. The van der Waals surface area contributed by atoms with Crippen LogP contribution in [0.5, 0.6) is 0 Å². The topological polar surface area (TPSA) is 234 Å². The molecule has 2 aliphatic rings. The summed E-state index contributed by atoms with van der Waals surface area (Å²) in [6.07, 6.45) is 8.76. The van der Waals surface area contributed by atoms with Crippen LogP contribution in [-0.2, 0) is 32.1 Å². The number of aliphatic hydroxyl groups excluding tert-OH is 1. The average molecular weight is 763 g/mol. The number of hydrogen-bond donors (Lipinski definition) is 4. The number of aliphatic hydroxyl groups is 1. The highest BCUT2D eigenvalue weighted by Gasteiger charge is 2.39. The summed E-state index contributed by atoms with van der Waals surface area (Å²) in [7, 11) is 0. The molecule has 1 fully saturated rings. The number of anilines is 1. The summed E-state index contributed by atoms with van der Waals surface area (Å²) in [5.74, 6) is -2.47. The molecule has 0 aliphatic carbocycles. The highest BCUT2D eigenvalue weighted by molar-refractivity contribution is 5.95. The van der Waals surface area contributed by atoms with Crippen molar-refractivity contribution in [3.63, 3.8) is 0 Å². The van der Waals surface area contributed by atoms with E-state index in [1.165, 1.54) is 27.9 Å². The Labute approximate surface area is 317 Å². The van der Waals surface area contributed by atoms with Crippen molar-refractivity contribution in [3.05, 3.63) is 72.3 Å². The lowest BCUT2D eigenvalue weighted by molar-refractivity contribution is -0.159. The number of halogens is 1. The van der Waals surface area contributed by atoms with Gasteiger partial charge >= 0.3 is 5.97 Å². The minimum atomic E-state index is -1.51. The number of oxazole rings is 1. The number of ether oxygens (including phenoxy) is 1. The zero-order valence-electron chi connectivity index (χ0n) is 31.0. The van der Waals surface area contributed by atoms with Gasteiger partial charge in [-0.25, -0.2) is 24.1 Å². The lowest BCUT2D eigenvalue weighted by Gasteiger charge is -2.30. The van der Waals surface area contributed by atoms with Crippen molar-refractivity contribution in [1.29, 1.82) is 0 Å². The van der Waals surface area contributed by atoms with Gasteiger partial charge in [-0.2, -0.15) is 0 Å². The second kappa shape index (κ2) is 19.0. The number of alkyl halides is 1. The van der Waals surface area contributed by atoms with Crippen LogP contribution in [0, 0.1) is 11.8 Å². The first kappa shape index (κ1) is 40.4. The van der Waals surface area contributed by atoms with E-state index in [2.05, 4.69) is 35.9 Å². The molecule has 5 N–H and O–H groups in total. The molecular formula is C37H47FN10O7. The molecule has 3 amide bonds. The summed E-state index contributed by atoms with van der Waals surface area (Å²) in [5, 5.41) is 24.1. The van der Waals surface area contributed by atoms with E-state index in [0.29, 0.717) is 29.9 Å². The number of aromatic nitrogens is 6. The van der Waals surface area contributed by atoms with Crippen LogP contribution in [0.4, 0.5) is 10.2 Å². The zero-order valence-corrected chi connectivity index (χ0v) is 31.0. The van der Waals surface area contributed by atoms with Gasteiger partial charge in [0.1, 0.15) is 36.1 Å². The number of hydrogen-bond acceptors (Lipinski definition) is 13. The van der Waals surface area contributed by atoms with Crippen LogP contribution in [0.2, 0.25) is 0 Å². The van der Waals surface area contributed by atoms with Crippen LogP contribution in [0.25, 0.3) is 11.5 Å². The van der Waals surface area contributed by atoms with Gasteiger partial charge in [0.15, 0.2) is 17.4 Å². The molecular weight excluding hydrogens is 715 g/mol. The third-order valence-corrected chi connectivity index (χ3v) is 9.04. The van der Waals surface area contributed by atoms with E-state index in [9.17, 15) is 28.7 Å². The maximum absolute atomic E-state index is 14.8. The van der Waals surface area contributed by atoms with Crippen LogP contribution >= 0.6 is 0 Å². The molecule has 55 heavy (non-hydrogen) atoms. The molecule has 0 aromatic carbocycles. The van der Waals surface area contributed by atoms with Crippen LogP contribution in [0.3, 0.4) is 0 Å². The third kappa shape index (κ3) is 11.6. The van der Waals surface area contributed by atoms with E-state index in [-0.39, 0.29) is 74.7 Å². The van der Waals surface area contributed by atoms with Gasteiger partial charge in [-0.15, -0.1) is 5.10 Å². The molecule has 3 aromatic rings. The first-order valence-electron chi connectivity index (χ1n) is 18.2. The minimum absolute atomic E-state index is 0.0117. The summed E-state index contributed by atoms with van der Waals surface area (Å²) in [6, 6.07) is 0.620. The Kier molecular flexibility index (Phi) is 14.0. The number of fused-ring (bicyclic) bond motifs is 3. The fraction of sp³-hybridized carbons (Fsp3) is 0.486. The Balaban J connectivity index is 1.32. The Bertz CT molecular complexity index is 1910.